The molecule has 0 N–H and O–H groups in total. The molecule has 0 fully saturated rings. The summed E-state index contributed by atoms with van der Waals surface area (Å²) >= 11 is 0. The average Bonchev–Trinajstić information content (AvgIpc) is 3.70. The number of furan rings is 1. The van der Waals surface area contributed by atoms with Crippen LogP contribution in [0.5, 0.6) is 0 Å². The van der Waals surface area contributed by atoms with Gasteiger partial charge in [-0.2, -0.15) is 0 Å². The van der Waals surface area contributed by atoms with Crippen molar-refractivity contribution in [2.24, 2.45) is 0 Å². The first-order valence-electron chi connectivity index (χ1n) is 16.7. The first-order chi connectivity index (χ1) is 24.3. The normalized spacial score (nSPS) is 11.7. The van der Waals surface area contributed by atoms with E-state index in [1.807, 2.05) is 12.1 Å². The highest BCUT2D eigenvalue weighted by Gasteiger charge is 2.16. The molecule has 0 aliphatic carbocycles. The Morgan fingerprint density at radius 2 is 0.959 bits per heavy atom. The molecule has 0 aliphatic rings. The predicted octanol–water partition coefficient (Wildman–Crippen LogP) is 13.0. The lowest BCUT2D eigenvalue weighted by Gasteiger charge is -2.25. The molecule has 8 aromatic carbocycles. The molecule has 0 radical (unpaired) electrons. The molecule has 10 rings (SSSR count). The van der Waals surface area contributed by atoms with E-state index in [1.54, 1.807) is 0 Å². The van der Waals surface area contributed by atoms with Gasteiger partial charge in [-0.15, -0.1) is 0 Å². The summed E-state index contributed by atoms with van der Waals surface area (Å²) in [5, 5.41) is 7.29. The summed E-state index contributed by atoms with van der Waals surface area (Å²) in [7, 11) is 0. The maximum absolute atomic E-state index is 6.13. The molecule has 0 saturated carbocycles. The van der Waals surface area contributed by atoms with Crippen LogP contribution in [0, 0.1) is 0 Å². The molecule has 0 saturated heterocycles. The molecular weight excluding hydrogens is 597 g/mol. The van der Waals surface area contributed by atoms with Crippen LogP contribution in [0.3, 0.4) is 0 Å². The molecule has 3 nitrogen and oxygen atoms in total. The minimum Gasteiger partial charge on any atom is -0.456 e. The third-order valence-corrected chi connectivity index (χ3v) is 9.76. The summed E-state index contributed by atoms with van der Waals surface area (Å²) in [4.78, 5) is 2.31. The van der Waals surface area contributed by atoms with Crippen LogP contribution in [0.1, 0.15) is 0 Å². The fourth-order valence-electron chi connectivity index (χ4n) is 7.42. The standard InChI is InChI=1S/C46H30N2O/c1-2-12-35(13-3-1)47(38-26-27-46-42(30-38)40-15-7-9-17-45(40)49-46)36-22-18-31(19-23-36)32-20-24-37(25-21-32)48-43-16-8-6-14-39(43)41-28-33-10-4-5-11-34(33)29-44(41)48/h1-30H. The highest BCUT2D eigenvalue weighted by atomic mass is 16.3. The predicted molar refractivity (Wildman–Crippen MR) is 206 cm³/mol. The lowest BCUT2D eigenvalue weighted by Crippen LogP contribution is -2.09. The molecule has 0 unspecified atom stereocenters. The molecule has 2 aromatic heterocycles. The van der Waals surface area contributed by atoms with Crippen molar-refractivity contribution in [3.63, 3.8) is 0 Å². The lowest BCUT2D eigenvalue weighted by atomic mass is 10.0. The van der Waals surface area contributed by atoms with Crippen LogP contribution < -0.4 is 4.90 Å². The average molecular weight is 627 g/mol. The Balaban J connectivity index is 1.03. The second kappa shape index (κ2) is 11.0. The molecule has 10 aromatic rings. The van der Waals surface area contributed by atoms with Gasteiger partial charge in [0, 0.05) is 44.3 Å². The smallest absolute Gasteiger partial charge is 0.135 e. The third-order valence-electron chi connectivity index (χ3n) is 9.76. The molecule has 49 heavy (non-hydrogen) atoms. The van der Waals surface area contributed by atoms with Gasteiger partial charge >= 0.3 is 0 Å². The summed E-state index contributed by atoms with van der Waals surface area (Å²) in [6, 6.07) is 65.0. The molecule has 230 valence electrons. The second-order valence-corrected chi connectivity index (χ2v) is 12.6. The van der Waals surface area contributed by atoms with Crippen LogP contribution in [-0.2, 0) is 0 Å². The van der Waals surface area contributed by atoms with Gasteiger partial charge in [0.25, 0.3) is 0 Å². The highest BCUT2D eigenvalue weighted by molar-refractivity contribution is 6.13. The fourth-order valence-corrected chi connectivity index (χ4v) is 7.42. The van der Waals surface area contributed by atoms with Gasteiger partial charge in [0.05, 0.1) is 11.0 Å². The third kappa shape index (κ3) is 4.51. The van der Waals surface area contributed by atoms with Crippen LogP contribution in [-0.4, -0.2) is 4.57 Å². The van der Waals surface area contributed by atoms with E-state index in [2.05, 4.69) is 179 Å². The van der Waals surface area contributed by atoms with Crippen LogP contribution in [0.15, 0.2) is 186 Å². The van der Waals surface area contributed by atoms with E-state index in [-0.39, 0.29) is 0 Å². The second-order valence-electron chi connectivity index (χ2n) is 12.6. The van der Waals surface area contributed by atoms with Crippen molar-refractivity contribution in [3.8, 4) is 16.8 Å². The molecule has 0 atom stereocenters. The van der Waals surface area contributed by atoms with Gasteiger partial charge < -0.3 is 13.9 Å². The number of hydrogen-bond acceptors (Lipinski definition) is 2. The first-order valence-corrected chi connectivity index (χ1v) is 16.7. The summed E-state index contributed by atoms with van der Waals surface area (Å²) in [5.41, 5.74) is 11.0. The van der Waals surface area contributed by atoms with Crippen molar-refractivity contribution in [1.82, 2.24) is 4.57 Å². The maximum Gasteiger partial charge on any atom is 0.135 e. The van der Waals surface area contributed by atoms with Gasteiger partial charge in [-0.05, 0) is 101 Å². The zero-order valence-electron chi connectivity index (χ0n) is 26.6. The van der Waals surface area contributed by atoms with Gasteiger partial charge in [-0.1, -0.05) is 103 Å². The van der Waals surface area contributed by atoms with Crippen molar-refractivity contribution in [2.75, 3.05) is 4.90 Å². The van der Waals surface area contributed by atoms with Crippen molar-refractivity contribution in [3.05, 3.63) is 182 Å². The number of rotatable bonds is 5. The maximum atomic E-state index is 6.13. The van der Waals surface area contributed by atoms with Crippen molar-refractivity contribution in [1.29, 1.82) is 0 Å². The van der Waals surface area contributed by atoms with Crippen molar-refractivity contribution >= 4 is 71.6 Å². The van der Waals surface area contributed by atoms with Crippen LogP contribution in [0.25, 0.3) is 71.3 Å². The van der Waals surface area contributed by atoms with Gasteiger partial charge in [0.15, 0.2) is 0 Å². The Kier molecular flexibility index (Phi) is 6.18. The topological polar surface area (TPSA) is 21.3 Å². The zero-order chi connectivity index (χ0) is 32.3. The molecular formula is C46H30N2O. The van der Waals surface area contributed by atoms with E-state index in [9.17, 15) is 0 Å². The van der Waals surface area contributed by atoms with Crippen LogP contribution >= 0.6 is 0 Å². The molecule has 0 aliphatic heterocycles. The molecule has 0 spiro atoms. The van der Waals surface area contributed by atoms with Crippen LogP contribution in [0.2, 0.25) is 0 Å². The van der Waals surface area contributed by atoms with E-state index in [0.29, 0.717) is 0 Å². The number of para-hydroxylation sites is 3. The lowest BCUT2D eigenvalue weighted by molar-refractivity contribution is 0.669. The number of hydrogen-bond donors (Lipinski definition) is 0. The SMILES string of the molecule is c1ccc(N(c2ccc(-c3ccc(-n4c5ccccc5c5cc6ccccc6cc54)cc3)cc2)c2ccc3oc4ccccc4c3c2)cc1. The van der Waals surface area contributed by atoms with E-state index in [0.717, 1.165) is 44.7 Å². The van der Waals surface area contributed by atoms with E-state index >= 15 is 0 Å². The molecule has 0 amide bonds. The number of nitrogens with zero attached hydrogens (tertiary/aromatic N) is 2. The minimum atomic E-state index is 0.894. The summed E-state index contributed by atoms with van der Waals surface area (Å²) in [6.07, 6.45) is 0. The Bertz CT molecular complexity index is 2810. The van der Waals surface area contributed by atoms with E-state index < -0.39 is 0 Å². The number of fused-ring (bicyclic) bond motifs is 7. The van der Waals surface area contributed by atoms with Crippen LogP contribution in [0.4, 0.5) is 17.1 Å². The molecule has 2 heterocycles. The Morgan fingerprint density at radius 1 is 0.367 bits per heavy atom. The molecule has 3 heteroatoms. The van der Waals surface area contributed by atoms with Gasteiger partial charge in [0.2, 0.25) is 0 Å². The van der Waals surface area contributed by atoms with E-state index in [1.165, 1.54) is 43.7 Å². The Morgan fingerprint density at radius 3 is 1.76 bits per heavy atom. The van der Waals surface area contributed by atoms with Crippen molar-refractivity contribution in [2.45, 2.75) is 0 Å². The van der Waals surface area contributed by atoms with Gasteiger partial charge in [-0.25, -0.2) is 0 Å². The zero-order valence-corrected chi connectivity index (χ0v) is 26.6. The minimum absolute atomic E-state index is 0.894. The number of benzene rings is 8. The Hall–Kier alpha value is -6.58. The molecule has 0 bridgehead atoms. The number of aromatic nitrogens is 1. The van der Waals surface area contributed by atoms with Gasteiger partial charge in [0.1, 0.15) is 11.2 Å². The number of anilines is 3. The monoisotopic (exact) mass is 626 g/mol. The quantitative estimate of drug-likeness (QED) is 0.190. The largest absolute Gasteiger partial charge is 0.456 e. The summed E-state index contributed by atoms with van der Waals surface area (Å²) < 4.78 is 8.53. The first kappa shape index (κ1) is 27.5. The van der Waals surface area contributed by atoms with Crippen molar-refractivity contribution < 1.29 is 4.42 Å². The van der Waals surface area contributed by atoms with Gasteiger partial charge in [-0.3, -0.25) is 0 Å². The van der Waals surface area contributed by atoms with E-state index in [4.69, 9.17) is 4.42 Å². The highest BCUT2D eigenvalue weighted by Crippen LogP contribution is 2.40. The summed E-state index contributed by atoms with van der Waals surface area (Å²) in [5.74, 6) is 0. The fraction of sp³-hybridized carbons (Fsp3) is 0. The summed E-state index contributed by atoms with van der Waals surface area (Å²) in [6.45, 7) is 0. The Labute approximate surface area is 283 Å².